The molecular formula is C18H13Br. The van der Waals surface area contributed by atoms with Crippen LogP contribution in [0.5, 0.6) is 0 Å². The maximum absolute atomic E-state index is 3.64. The summed E-state index contributed by atoms with van der Waals surface area (Å²) >= 11 is 3.64. The second-order valence-corrected chi connectivity index (χ2v) is 5.28. The Hall–Kier alpha value is -1.86. The highest BCUT2D eigenvalue weighted by molar-refractivity contribution is 9.10. The summed E-state index contributed by atoms with van der Waals surface area (Å²) < 4.78 is 1.12. The third-order valence-electron chi connectivity index (χ3n) is 3.16. The molecule has 19 heavy (non-hydrogen) atoms. The number of rotatable bonds is 2. The van der Waals surface area contributed by atoms with Crippen molar-refractivity contribution < 1.29 is 0 Å². The summed E-state index contributed by atoms with van der Waals surface area (Å²) in [5.41, 5.74) is 2.43. The summed E-state index contributed by atoms with van der Waals surface area (Å²) in [5, 5.41) is 2.53. The molecule has 0 aliphatic rings. The van der Waals surface area contributed by atoms with Crippen LogP contribution < -0.4 is 0 Å². The Morgan fingerprint density at radius 1 is 0.684 bits per heavy atom. The quantitative estimate of drug-likeness (QED) is 0.527. The van der Waals surface area contributed by atoms with E-state index >= 15 is 0 Å². The van der Waals surface area contributed by atoms with E-state index in [1.165, 1.54) is 21.9 Å². The highest BCUT2D eigenvalue weighted by Crippen LogP contribution is 2.28. The summed E-state index contributed by atoms with van der Waals surface area (Å²) in [5.74, 6) is 0. The number of hydrogen-bond acceptors (Lipinski definition) is 0. The second kappa shape index (κ2) is 5.41. The van der Waals surface area contributed by atoms with Gasteiger partial charge in [-0.05, 0) is 28.0 Å². The number of fused-ring (bicyclic) bond motifs is 1. The van der Waals surface area contributed by atoms with E-state index in [-0.39, 0.29) is 0 Å². The molecule has 0 aliphatic carbocycles. The molecule has 0 fully saturated rings. The van der Waals surface area contributed by atoms with Crippen molar-refractivity contribution in [2.24, 2.45) is 0 Å². The molecule has 92 valence electrons. The van der Waals surface area contributed by atoms with Crippen LogP contribution in [0.25, 0.3) is 22.9 Å². The van der Waals surface area contributed by atoms with Crippen molar-refractivity contribution in [3.8, 4) is 0 Å². The van der Waals surface area contributed by atoms with Gasteiger partial charge in [-0.1, -0.05) is 88.7 Å². The third-order valence-corrected chi connectivity index (χ3v) is 3.85. The van der Waals surface area contributed by atoms with E-state index in [9.17, 15) is 0 Å². The van der Waals surface area contributed by atoms with Crippen LogP contribution in [0, 0.1) is 0 Å². The normalized spacial score (nSPS) is 11.2. The predicted molar refractivity (Wildman–Crippen MR) is 87.0 cm³/mol. The fraction of sp³-hybridized carbons (Fsp3) is 0. The lowest BCUT2D eigenvalue weighted by Crippen LogP contribution is -1.80. The minimum atomic E-state index is 1.12. The average Bonchev–Trinajstić information content (AvgIpc) is 2.47. The van der Waals surface area contributed by atoms with Crippen LogP contribution in [-0.2, 0) is 0 Å². The van der Waals surface area contributed by atoms with Gasteiger partial charge in [0, 0.05) is 4.47 Å². The van der Waals surface area contributed by atoms with Crippen molar-refractivity contribution in [3.63, 3.8) is 0 Å². The molecule has 0 aromatic heterocycles. The van der Waals surface area contributed by atoms with Gasteiger partial charge >= 0.3 is 0 Å². The molecule has 0 saturated heterocycles. The molecular weight excluding hydrogens is 296 g/mol. The molecule has 3 aromatic rings. The molecule has 0 amide bonds. The van der Waals surface area contributed by atoms with E-state index in [0.717, 1.165) is 4.47 Å². The van der Waals surface area contributed by atoms with Gasteiger partial charge in [0.05, 0.1) is 0 Å². The first-order chi connectivity index (χ1) is 9.34. The Kier molecular flexibility index (Phi) is 3.47. The maximum atomic E-state index is 3.64. The number of benzene rings is 3. The molecule has 0 spiro atoms. The van der Waals surface area contributed by atoms with Gasteiger partial charge in [-0.2, -0.15) is 0 Å². The minimum absolute atomic E-state index is 1.12. The first-order valence-corrected chi connectivity index (χ1v) is 7.04. The van der Waals surface area contributed by atoms with Gasteiger partial charge in [0.1, 0.15) is 0 Å². The summed E-state index contributed by atoms with van der Waals surface area (Å²) in [7, 11) is 0. The van der Waals surface area contributed by atoms with Crippen molar-refractivity contribution in [2.45, 2.75) is 0 Å². The molecule has 0 bridgehead atoms. The topological polar surface area (TPSA) is 0 Å². The zero-order valence-electron chi connectivity index (χ0n) is 10.4. The Balaban J connectivity index is 2.10. The van der Waals surface area contributed by atoms with E-state index in [1.807, 2.05) is 6.07 Å². The van der Waals surface area contributed by atoms with E-state index < -0.39 is 0 Å². The maximum Gasteiger partial charge on any atom is 0.0254 e. The average molecular weight is 309 g/mol. The third kappa shape index (κ3) is 2.61. The Morgan fingerprint density at radius 2 is 1.42 bits per heavy atom. The fourth-order valence-corrected chi connectivity index (χ4v) is 2.66. The van der Waals surface area contributed by atoms with Gasteiger partial charge in [0.15, 0.2) is 0 Å². The molecule has 0 unspecified atom stereocenters. The van der Waals surface area contributed by atoms with Crippen molar-refractivity contribution >= 4 is 38.9 Å². The first kappa shape index (κ1) is 12.2. The molecule has 0 aliphatic heterocycles. The Bertz CT molecular complexity index is 727. The molecule has 0 atom stereocenters. The van der Waals surface area contributed by atoms with Gasteiger partial charge in [-0.3, -0.25) is 0 Å². The minimum Gasteiger partial charge on any atom is -0.0622 e. The fourth-order valence-electron chi connectivity index (χ4n) is 2.18. The number of hydrogen-bond donors (Lipinski definition) is 0. The van der Waals surface area contributed by atoms with Crippen molar-refractivity contribution in [3.05, 3.63) is 82.3 Å². The molecule has 0 N–H and O–H groups in total. The summed E-state index contributed by atoms with van der Waals surface area (Å²) in [6.45, 7) is 0. The van der Waals surface area contributed by atoms with Gasteiger partial charge in [0.25, 0.3) is 0 Å². The molecule has 0 nitrogen and oxygen atoms in total. The first-order valence-electron chi connectivity index (χ1n) is 6.25. The van der Waals surface area contributed by atoms with Crippen LogP contribution in [0.2, 0.25) is 0 Å². The Morgan fingerprint density at radius 3 is 2.26 bits per heavy atom. The van der Waals surface area contributed by atoms with E-state index in [2.05, 4.69) is 88.7 Å². The predicted octanol–water partition coefficient (Wildman–Crippen LogP) is 5.77. The zero-order chi connectivity index (χ0) is 13.1. The van der Waals surface area contributed by atoms with Crippen LogP contribution >= 0.6 is 15.9 Å². The van der Waals surface area contributed by atoms with Crippen LogP contribution in [0.15, 0.2) is 71.2 Å². The summed E-state index contributed by atoms with van der Waals surface area (Å²) in [6.07, 6.45) is 4.31. The van der Waals surface area contributed by atoms with Crippen molar-refractivity contribution in [1.82, 2.24) is 0 Å². The molecule has 3 aromatic carbocycles. The smallest absolute Gasteiger partial charge is 0.0254 e. The molecule has 1 heteroatoms. The second-order valence-electron chi connectivity index (χ2n) is 4.43. The van der Waals surface area contributed by atoms with Gasteiger partial charge in [0.2, 0.25) is 0 Å². The lowest BCUT2D eigenvalue weighted by molar-refractivity contribution is 1.64. The highest BCUT2D eigenvalue weighted by Gasteiger charge is 2.02. The van der Waals surface area contributed by atoms with Gasteiger partial charge in [-0.15, -0.1) is 0 Å². The standard InChI is InChI=1S/C18H13Br/c19-18-13-11-15-8-4-5-9-16(15)17(18)12-10-14-6-2-1-3-7-14/h1-13H. The Labute approximate surface area is 121 Å². The summed E-state index contributed by atoms with van der Waals surface area (Å²) in [4.78, 5) is 0. The van der Waals surface area contributed by atoms with E-state index in [1.54, 1.807) is 0 Å². The largest absolute Gasteiger partial charge is 0.0622 e. The van der Waals surface area contributed by atoms with Crippen LogP contribution in [-0.4, -0.2) is 0 Å². The van der Waals surface area contributed by atoms with Crippen LogP contribution in [0.1, 0.15) is 11.1 Å². The summed E-state index contributed by atoms with van der Waals surface area (Å²) in [6, 6.07) is 23.0. The van der Waals surface area contributed by atoms with Gasteiger partial charge < -0.3 is 0 Å². The lowest BCUT2D eigenvalue weighted by Gasteiger charge is -2.05. The lowest BCUT2D eigenvalue weighted by atomic mass is 10.0. The van der Waals surface area contributed by atoms with E-state index in [0.29, 0.717) is 0 Å². The van der Waals surface area contributed by atoms with E-state index in [4.69, 9.17) is 0 Å². The van der Waals surface area contributed by atoms with Crippen molar-refractivity contribution in [1.29, 1.82) is 0 Å². The highest BCUT2D eigenvalue weighted by atomic mass is 79.9. The molecule has 0 radical (unpaired) electrons. The monoisotopic (exact) mass is 308 g/mol. The zero-order valence-corrected chi connectivity index (χ0v) is 12.0. The van der Waals surface area contributed by atoms with Crippen molar-refractivity contribution in [2.75, 3.05) is 0 Å². The molecule has 0 heterocycles. The SMILES string of the molecule is Brc1ccc2ccccc2c1C=Cc1ccccc1. The number of halogens is 1. The van der Waals surface area contributed by atoms with Crippen LogP contribution in [0.4, 0.5) is 0 Å². The van der Waals surface area contributed by atoms with Gasteiger partial charge in [-0.25, -0.2) is 0 Å². The molecule has 0 saturated carbocycles. The molecule has 3 rings (SSSR count). The van der Waals surface area contributed by atoms with Crippen LogP contribution in [0.3, 0.4) is 0 Å².